The first-order chi connectivity index (χ1) is 12.0. The molecule has 5 rings (SSSR count). The number of allylic oxidation sites excluding steroid dienone is 1. The third kappa shape index (κ3) is 1.74. The number of ether oxygens (including phenoxy) is 1. The molecule has 0 aromatic carbocycles. The zero-order chi connectivity index (χ0) is 17.4. The van der Waals surface area contributed by atoms with Crippen LogP contribution in [-0.2, 0) is 9.53 Å². The first-order valence-electron chi connectivity index (χ1n) is 9.50. The highest BCUT2D eigenvalue weighted by Crippen LogP contribution is 2.71. The van der Waals surface area contributed by atoms with Crippen LogP contribution in [0.25, 0.3) is 6.08 Å². The SMILES string of the molecule is CO[C@]1(C(=O)O)C[C@@]23CC[C@@H]4c5ccoc5C=C[C@@]4(C)[C@@H]2CC[C@@H]1C3. The Bertz CT molecular complexity index is 764. The number of rotatable bonds is 2. The Kier molecular flexibility index (Phi) is 3.00. The molecule has 0 unspecified atom stereocenters. The van der Waals surface area contributed by atoms with Gasteiger partial charge in [-0.1, -0.05) is 13.0 Å². The lowest BCUT2D eigenvalue weighted by Gasteiger charge is -2.57. The van der Waals surface area contributed by atoms with E-state index in [1.165, 1.54) is 5.56 Å². The van der Waals surface area contributed by atoms with E-state index in [-0.39, 0.29) is 16.7 Å². The number of aliphatic carboxylic acids is 1. The maximum atomic E-state index is 12.1. The molecule has 1 N–H and O–H groups in total. The van der Waals surface area contributed by atoms with Gasteiger partial charge < -0.3 is 14.3 Å². The second-order valence-corrected chi connectivity index (χ2v) is 9.00. The van der Waals surface area contributed by atoms with Crippen molar-refractivity contribution in [2.24, 2.45) is 22.7 Å². The van der Waals surface area contributed by atoms with Crippen molar-refractivity contribution in [1.29, 1.82) is 0 Å². The van der Waals surface area contributed by atoms with E-state index in [0.29, 0.717) is 18.3 Å². The molecule has 0 aliphatic heterocycles. The van der Waals surface area contributed by atoms with Crippen molar-refractivity contribution < 1.29 is 19.1 Å². The van der Waals surface area contributed by atoms with E-state index < -0.39 is 11.6 Å². The predicted octanol–water partition coefficient (Wildman–Crippen LogP) is 4.47. The minimum Gasteiger partial charge on any atom is -0.479 e. The Hall–Kier alpha value is -1.55. The predicted molar refractivity (Wildman–Crippen MR) is 93.1 cm³/mol. The summed E-state index contributed by atoms with van der Waals surface area (Å²) in [6.45, 7) is 2.39. The van der Waals surface area contributed by atoms with Gasteiger partial charge in [0.15, 0.2) is 5.60 Å². The lowest BCUT2D eigenvalue weighted by atomic mass is 9.46. The van der Waals surface area contributed by atoms with Gasteiger partial charge in [-0.2, -0.15) is 0 Å². The van der Waals surface area contributed by atoms with Gasteiger partial charge in [0.05, 0.1) is 6.26 Å². The molecular formula is C21H26O4. The zero-order valence-corrected chi connectivity index (χ0v) is 15.0. The highest BCUT2D eigenvalue weighted by atomic mass is 16.5. The van der Waals surface area contributed by atoms with E-state index in [0.717, 1.165) is 37.9 Å². The van der Waals surface area contributed by atoms with Crippen LogP contribution >= 0.6 is 0 Å². The average Bonchev–Trinajstić information content (AvgIpc) is 3.15. The summed E-state index contributed by atoms with van der Waals surface area (Å²) in [4.78, 5) is 12.1. The topological polar surface area (TPSA) is 59.7 Å². The molecule has 3 saturated carbocycles. The van der Waals surface area contributed by atoms with Gasteiger partial charge in [-0.05, 0) is 79.3 Å². The molecule has 4 nitrogen and oxygen atoms in total. The molecule has 2 bridgehead atoms. The van der Waals surface area contributed by atoms with Crippen LogP contribution in [0.2, 0.25) is 0 Å². The number of carbonyl (C=O) groups is 1. The van der Waals surface area contributed by atoms with Crippen molar-refractivity contribution >= 4 is 12.0 Å². The monoisotopic (exact) mass is 342 g/mol. The van der Waals surface area contributed by atoms with Crippen LogP contribution < -0.4 is 0 Å². The fourth-order valence-corrected chi connectivity index (χ4v) is 7.30. The van der Waals surface area contributed by atoms with Crippen LogP contribution in [0.15, 0.2) is 22.8 Å². The Balaban J connectivity index is 1.58. The average molecular weight is 342 g/mol. The summed E-state index contributed by atoms with van der Waals surface area (Å²) in [5, 5.41) is 9.95. The summed E-state index contributed by atoms with van der Waals surface area (Å²) in [6, 6.07) is 2.14. The molecule has 25 heavy (non-hydrogen) atoms. The van der Waals surface area contributed by atoms with Gasteiger partial charge in [-0.25, -0.2) is 4.79 Å². The standard InChI is InChI=1S/C21H26O4/c1-19-8-6-16-14(7-10-25-16)15(19)5-9-20-11-13(3-4-17(19)20)21(12-20,24-2)18(22)23/h6-8,10,13,15,17H,3-5,9,11-12H2,1-2H3,(H,22,23)/t13-,15-,17+,19-,20+,21-/m1/s1. The third-order valence-corrected chi connectivity index (χ3v) is 8.33. The molecule has 0 saturated heterocycles. The number of furan rings is 1. The van der Waals surface area contributed by atoms with Crippen molar-refractivity contribution in [3.8, 4) is 0 Å². The second kappa shape index (κ2) is 4.79. The van der Waals surface area contributed by atoms with Gasteiger partial charge in [0, 0.05) is 12.7 Å². The summed E-state index contributed by atoms with van der Waals surface area (Å²) in [6.07, 6.45) is 12.3. The fraction of sp³-hybridized carbons (Fsp3) is 0.667. The Morgan fingerprint density at radius 1 is 1.36 bits per heavy atom. The van der Waals surface area contributed by atoms with Crippen molar-refractivity contribution in [3.63, 3.8) is 0 Å². The Labute approximate surface area is 148 Å². The summed E-state index contributed by atoms with van der Waals surface area (Å²) in [5.74, 6) is 1.41. The molecule has 1 spiro atoms. The second-order valence-electron chi connectivity index (χ2n) is 9.00. The highest BCUT2D eigenvalue weighted by Gasteiger charge is 2.68. The van der Waals surface area contributed by atoms with E-state index in [2.05, 4.69) is 25.1 Å². The van der Waals surface area contributed by atoms with Gasteiger partial charge >= 0.3 is 5.97 Å². The summed E-state index contributed by atoms with van der Waals surface area (Å²) >= 11 is 0. The molecule has 4 aliphatic carbocycles. The maximum absolute atomic E-state index is 12.1. The van der Waals surface area contributed by atoms with Crippen molar-refractivity contribution in [2.45, 2.75) is 57.0 Å². The summed E-state index contributed by atoms with van der Waals surface area (Å²) < 4.78 is 11.3. The van der Waals surface area contributed by atoms with E-state index >= 15 is 0 Å². The van der Waals surface area contributed by atoms with E-state index in [1.54, 1.807) is 13.4 Å². The van der Waals surface area contributed by atoms with E-state index in [1.807, 2.05) is 0 Å². The molecule has 134 valence electrons. The molecule has 1 heterocycles. The van der Waals surface area contributed by atoms with Crippen molar-refractivity contribution in [2.75, 3.05) is 7.11 Å². The fourth-order valence-electron chi connectivity index (χ4n) is 7.30. The quantitative estimate of drug-likeness (QED) is 0.861. The number of hydrogen-bond acceptors (Lipinski definition) is 3. The summed E-state index contributed by atoms with van der Waals surface area (Å²) in [7, 11) is 1.59. The van der Waals surface area contributed by atoms with E-state index in [9.17, 15) is 9.90 Å². The largest absolute Gasteiger partial charge is 0.479 e. The first-order valence-corrected chi connectivity index (χ1v) is 9.50. The molecule has 3 fully saturated rings. The van der Waals surface area contributed by atoms with Crippen molar-refractivity contribution in [1.82, 2.24) is 0 Å². The number of methoxy groups -OCH3 is 1. The molecular weight excluding hydrogens is 316 g/mol. The lowest BCUT2D eigenvalue weighted by Crippen LogP contribution is -2.49. The minimum absolute atomic E-state index is 0.0857. The molecule has 6 atom stereocenters. The zero-order valence-electron chi connectivity index (χ0n) is 15.0. The molecule has 1 aromatic rings. The summed E-state index contributed by atoms with van der Waals surface area (Å²) in [5.41, 5.74) is 0.560. The number of carboxylic acids is 1. The van der Waals surface area contributed by atoms with Crippen LogP contribution in [0.3, 0.4) is 0 Å². The van der Waals surface area contributed by atoms with Crippen LogP contribution in [0, 0.1) is 22.7 Å². The van der Waals surface area contributed by atoms with Crippen LogP contribution in [-0.4, -0.2) is 23.8 Å². The smallest absolute Gasteiger partial charge is 0.336 e. The highest BCUT2D eigenvalue weighted by molar-refractivity contribution is 5.79. The molecule has 4 aliphatic rings. The van der Waals surface area contributed by atoms with Gasteiger partial charge in [0.1, 0.15) is 5.76 Å². The van der Waals surface area contributed by atoms with Gasteiger partial charge in [0.2, 0.25) is 0 Å². The molecule has 1 aromatic heterocycles. The molecule has 4 heteroatoms. The minimum atomic E-state index is -0.975. The molecule has 0 radical (unpaired) electrons. The van der Waals surface area contributed by atoms with Gasteiger partial charge in [0.25, 0.3) is 0 Å². The maximum Gasteiger partial charge on any atom is 0.336 e. The number of hydrogen-bond donors (Lipinski definition) is 1. The lowest BCUT2D eigenvalue weighted by molar-refractivity contribution is -0.167. The molecule has 0 amide bonds. The van der Waals surface area contributed by atoms with Crippen LogP contribution in [0.1, 0.15) is 62.7 Å². The first kappa shape index (κ1) is 15.7. The Morgan fingerprint density at radius 2 is 2.20 bits per heavy atom. The normalized spacial score (nSPS) is 47.0. The number of fused-ring (bicyclic) bond motifs is 5. The number of carboxylic acid groups (broad SMARTS) is 1. The van der Waals surface area contributed by atoms with Gasteiger partial charge in [-0.15, -0.1) is 0 Å². The van der Waals surface area contributed by atoms with E-state index in [4.69, 9.17) is 9.15 Å². The Morgan fingerprint density at radius 3 is 2.96 bits per heavy atom. The van der Waals surface area contributed by atoms with Crippen molar-refractivity contribution in [3.05, 3.63) is 29.7 Å². The van der Waals surface area contributed by atoms with Crippen LogP contribution in [0.4, 0.5) is 0 Å². The van der Waals surface area contributed by atoms with Gasteiger partial charge in [-0.3, -0.25) is 0 Å². The van der Waals surface area contributed by atoms with Crippen LogP contribution in [0.5, 0.6) is 0 Å². The third-order valence-electron chi connectivity index (χ3n) is 8.33.